The molecule has 1 heterocycles. The van der Waals surface area contributed by atoms with Crippen molar-refractivity contribution in [2.75, 3.05) is 6.61 Å². The third-order valence-corrected chi connectivity index (χ3v) is 2.72. The Bertz CT molecular complexity index is 431. The molecule has 15 heavy (non-hydrogen) atoms. The van der Waals surface area contributed by atoms with Crippen LogP contribution in [0.1, 0.15) is 25.0 Å². The van der Waals surface area contributed by atoms with E-state index in [9.17, 15) is 4.79 Å². The molecule has 0 aromatic heterocycles. The van der Waals surface area contributed by atoms with Crippen molar-refractivity contribution < 1.29 is 9.53 Å². The van der Waals surface area contributed by atoms with Crippen molar-refractivity contribution >= 4 is 6.08 Å². The summed E-state index contributed by atoms with van der Waals surface area (Å²) >= 11 is 0. The molecule has 0 saturated carbocycles. The van der Waals surface area contributed by atoms with Gasteiger partial charge in [-0.15, -0.1) is 0 Å². The van der Waals surface area contributed by atoms with Gasteiger partial charge in [0, 0.05) is 6.42 Å². The summed E-state index contributed by atoms with van der Waals surface area (Å²) in [4.78, 5) is 14.1. The highest BCUT2D eigenvalue weighted by Crippen LogP contribution is 2.31. The molecule has 0 radical (unpaired) electrons. The fourth-order valence-corrected chi connectivity index (χ4v) is 1.75. The maximum atomic E-state index is 10.3. The van der Waals surface area contributed by atoms with Crippen molar-refractivity contribution in [3.8, 4) is 5.75 Å². The number of rotatable bonds is 2. The first-order chi connectivity index (χ1) is 7.13. The van der Waals surface area contributed by atoms with Gasteiger partial charge in [-0.1, -0.05) is 6.07 Å². The Morgan fingerprint density at radius 1 is 1.47 bits per heavy atom. The second-order valence-electron chi connectivity index (χ2n) is 4.18. The second-order valence-corrected chi connectivity index (χ2v) is 4.18. The largest absolute Gasteiger partial charge is 0.493 e. The summed E-state index contributed by atoms with van der Waals surface area (Å²) < 4.78 is 5.42. The summed E-state index contributed by atoms with van der Waals surface area (Å²) in [6.07, 6.45) is 2.55. The molecule has 78 valence electrons. The lowest BCUT2D eigenvalue weighted by Crippen LogP contribution is -2.13. The van der Waals surface area contributed by atoms with Crippen molar-refractivity contribution in [2.45, 2.75) is 25.8 Å². The van der Waals surface area contributed by atoms with Crippen LogP contribution in [-0.2, 0) is 16.8 Å². The van der Waals surface area contributed by atoms with Crippen LogP contribution in [0.3, 0.4) is 0 Å². The number of carbonyl (C=O) groups excluding carboxylic acids is 1. The van der Waals surface area contributed by atoms with E-state index in [-0.39, 0.29) is 0 Å². The van der Waals surface area contributed by atoms with Crippen LogP contribution in [0.15, 0.2) is 23.2 Å². The molecule has 1 aliphatic heterocycles. The standard InChI is InChI=1S/C12H13NO2/c1-12(2,13-8-14)10-3-4-11-9(7-10)5-6-15-11/h3-4,7H,5-6H2,1-2H3. The molecular formula is C12H13NO2. The SMILES string of the molecule is CC(C)(N=C=O)c1ccc2c(c1)CCO2. The van der Waals surface area contributed by atoms with E-state index < -0.39 is 5.54 Å². The lowest BCUT2D eigenvalue weighted by molar-refractivity contribution is 0.356. The first-order valence-corrected chi connectivity index (χ1v) is 4.99. The Hall–Kier alpha value is -1.60. The Balaban J connectivity index is 2.42. The summed E-state index contributed by atoms with van der Waals surface area (Å²) in [7, 11) is 0. The minimum absolute atomic E-state index is 0.501. The van der Waals surface area contributed by atoms with Gasteiger partial charge in [0.2, 0.25) is 6.08 Å². The first-order valence-electron chi connectivity index (χ1n) is 4.99. The van der Waals surface area contributed by atoms with E-state index in [0.29, 0.717) is 0 Å². The van der Waals surface area contributed by atoms with Crippen LogP contribution in [0.4, 0.5) is 0 Å². The van der Waals surface area contributed by atoms with Crippen LogP contribution in [0.25, 0.3) is 0 Å². The highest BCUT2D eigenvalue weighted by Gasteiger charge is 2.22. The Kier molecular flexibility index (Phi) is 2.33. The van der Waals surface area contributed by atoms with E-state index in [4.69, 9.17) is 4.74 Å². The predicted octanol–water partition coefficient (Wildman–Crippen LogP) is 2.19. The van der Waals surface area contributed by atoms with Crippen molar-refractivity contribution in [3.05, 3.63) is 29.3 Å². The summed E-state index contributed by atoms with van der Waals surface area (Å²) in [6, 6.07) is 5.95. The van der Waals surface area contributed by atoms with Gasteiger partial charge in [0.15, 0.2) is 0 Å². The minimum Gasteiger partial charge on any atom is -0.493 e. The maximum Gasteiger partial charge on any atom is 0.235 e. The number of isocyanates is 1. The van der Waals surface area contributed by atoms with Crippen molar-refractivity contribution in [3.63, 3.8) is 0 Å². The van der Waals surface area contributed by atoms with E-state index in [2.05, 4.69) is 11.1 Å². The second kappa shape index (κ2) is 3.52. The van der Waals surface area contributed by atoms with Crippen LogP contribution in [0.2, 0.25) is 0 Å². The van der Waals surface area contributed by atoms with Crippen LogP contribution in [0, 0.1) is 0 Å². The first kappa shape index (κ1) is 9.94. The quantitative estimate of drug-likeness (QED) is 0.546. The number of nitrogens with zero attached hydrogens (tertiary/aromatic N) is 1. The van der Waals surface area contributed by atoms with Gasteiger partial charge in [-0.05, 0) is 37.1 Å². The van der Waals surface area contributed by atoms with Crippen molar-refractivity contribution in [2.24, 2.45) is 4.99 Å². The molecule has 1 aromatic carbocycles. The highest BCUT2D eigenvalue weighted by molar-refractivity contribution is 5.43. The zero-order valence-electron chi connectivity index (χ0n) is 8.91. The molecule has 0 fully saturated rings. The van der Waals surface area contributed by atoms with Crippen molar-refractivity contribution in [1.82, 2.24) is 0 Å². The molecule has 2 rings (SSSR count). The lowest BCUT2D eigenvalue weighted by Gasteiger charge is -2.18. The Labute approximate surface area is 88.8 Å². The lowest BCUT2D eigenvalue weighted by atomic mass is 9.93. The molecule has 0 amide bonds. The van der Waals surface area contributed by atoms with Gasteiger partial charge in [-0.2, -0.15) is 4.99 Å². The third-order valence-electron chi connectivity index (χ3n) is 2.72. The smallest absolute Gasteiger partial charge is 0.235 e. The molecule has 0 spiro atoms. The summed E-state index contributed by atoms with van der Waals surface area (Å²) in [5.41, 5.74) is 1.72. The van der Waals surface area contributed by atoms with Gasteiger partial charge in [0.05, 0.1) is 12.1 Å². The number of benzene rings is 1. The van der Waals surface area contributed by atoms with Gasteiger partial charge in [-0.25, -0.2) is 4.79 Å². The average Bonchev–Trinajstić information content (AvgIpc) is 2.63. The topological polar surface area (TPSA) is 38.7 Å². The summed E-state index contributed by atoms with van der Waals surface area (Å²) in [5, 5.41) is 0. The fraction of sp³-hybridized carbons (Fsp3) is 0.417. The zero-order chi connectivity index (χ0) is 10.9. The monoisotopic (exact) mass is 203 g/mol. The average molecular weight is 203 g/mol. The predicted molar refractivity (Wildman–Crippen MR) is 56.8 cm³/mol. The zero-order valence-corrected chi connectivity index (χ0v) is 8.91. The van der Waals surface area contributed by atoms with Crippen molar-refractivity contribution in [1.29, 1.82) is 0 Å². The molecule has 0 aliphatic carbocycles. The maximum absolute atomic E-state index is 10.3. The van der Waals surface area contributed by atoms with E-state index in [1.807, 2.05) is 26.0 Å². The molecule has 0 bridgehead atoms. The molecule has 0 N–H and O–H groups in total. The molecule has 0 atom stereocenters. The fourth-order valence-electron chi connectivity index (χ4n) is 1.75. The minimum atomic E-state index is -0.501. The number of fused-ring (bicyclic) bond motifs is 1. The molecule has 0 unspecified atom stereocenters. The van der Waals surface area contributed by atoms with E-state index in [1.54, 1.807) is 6.08 Å². The van der Waals surface area contributed by atoms with Gasteiger partial charge >= 0.3 is 0 Å². The Morgan fingerprint density at radius 3 is 3.00 bits per heavy atom. The normalized spacial score (nSPS) is 14.0. The van der Waals surface area contributed by atoms with Gasteiger partial charge < -0.3 is 4.74 Å². The number of ether oxygens (including phenoxy) is 1. The molecular weight excluding hydrogens is 190 g/mol. The van der Waals surface area contributed by atoms with Crippen LogP contribution in [-0.4, -0.2) is 12.7 Å². The van der Waals surface area contributed by atoms with Crippen LogP contribution < -0.4 is 4.74 Å². The molecule has 3 heteroatoms. The number of hydrogen-bond acceptors (Lipinski definition) is 3. The highest BCUT2D eigenvalue weighted by atomic mass is 16.5. The molecule has 0 saturated heterocycles. The van der Waals surface area contributed by atoms with Gasteiger partial charge in [-0.3, -0.25) is 0 Å². The third kappa shape index (κ3) is 1.79. The molecule has 3 nitrogen and oxygen atoms in total. The van der Waals surface area contributed by atoms with E-state index in [0.717, 1.165) is 24.3 Å². The van der Waals surface area contributed by atoms with E-state index in [1.165, 1.54) is 5.56 Å². The number of aliphatic imine (C=N–C) groups is 1. The Morgan fingerprint density at radius 2 is 2.27 bits per heavy atom. The summed E-state index contributed by atoms with van der Waals surface area (Å²) in [5.74, 6) is 0.949. The van der Waals surface area contributed by atoms with Gasteiger partial charge in [0.1, 0.15) is 5.75 Å². The van der Waals surface area contributed by atoms with E-state index >= 15 is 0 Å². The summed E-state index contributed by atoms with van der Waals surface area (Å²) in [6.45, 7) is 4.54. The molecule has 1 aromatic rings. The van der Waals surface area contributed by atoms with Crippen LogP contribution in [0.5, 0.6) is 5.75 Å². The molecule has 1 aliphatic rings. The number of hydrogen-bond donors (Lipinski definition) is 0. The van der Waals surface area contributed by atoms with Crippen LogP contribution >= 0.6 is 0 Å². The van der Waals surface area contributed by atoms with Gasteiger partial charge in [0.25, 0.3) is 0 Å².